The van der Waals surface area contributed by atoms with Crippen molar-refractivity contribution in [3.05, 3.63) is 406 Å². The molecule has 11 heteroatoms. The predicted octanol–water partition coefficient (Wildman–Crippen LogP) is 33.3. The molecule has 11 nitrogen and oxygen atoms in total. The Morgan fingerprint density at radius 1 is 0.242 bits per heavy atom. The molecule has 1 N–H and O–H groups in total. The summed E-state index contributed by atoms with van der Waals surface area (Å²) < 4.78 is 45.6. The van der Waals surface area contributed by atoms with E-state index >= 15 is 0 Å². The lowest BCUT2D eigenvalue weighted by Crippen LogP contribution is -2.05. The van der Waals surface area contributed by atoms with Crippen LogP contribution in [0.15, 0.2) is 340 Å². The maximum atomic E-state index is 11.0. The summed E-state index contributed by atoms with van der Waals surface area (Å²) >= 11 is 0. The van der Waals surface area contributed by atoms with Crippen LogP contribution in [0.25, 0.3) is 0 Å². The molecule has 640 valence electrons. The molecule has 124 heavy (non-hydrogen) atoms. The smallest absolute Gasteiger partial charge is 0.221 e. The van der Waals surface area contributed by atoms with Gasteiger partial charge in [0.25, 0.3) is 0 Å². The van der Waals surface area contributed by atoms with E-state index in [9.17, 15) is 4.79 Å². The second kappa shape index (κ2) is 50.0. The van der Waals surface area contributed by atoms with E-state index in [-0.39, 0.29) is 5.91 Å². The molecule has 0 radical (unpaired) electrons. The second-order valence-corrected chi connectivity index (χ2v) is 32.6. The number of ether oxygens (including phenoxy) is 8. The highest BCUT2D eigenvalue weighted by Gasteiger charge is 2.10. The summed E-state index contributed by atoms with van der Waals surface area (Å²) in [6, 6.07) is 114. The Hall–Kier alpha value is -13.6. The Balaban J connectivity index is 0.000000180. The fraction of sp³-hybridized carbons (Fsp3) is 0.239. The topological polar surface area (TPSA) is 127 Å². The van der Waals surface area contributed by atoms with E-state index < -0.39 is 0 Å². The minimum atomic E-state index is -0.0940. The molecular formula is C113H124N2O9. The number of anilines is 1. The summed E-state index contributed by atoms with van der Waals surface area (Å²) in [7, 11) is 1.65. The fourth-order valence-corrected chi connectivity index (χ4v) is 12.2. The van der Waals surface area contributed by atoms with Crippen molar-refractivity contribution in [2.75, 3.05) is 12.4 Å². The van der Waals surface area contributed by atoms with Gasteiger partial charge in [0.15, 0.2) is 0 Å². The van der Waals surface area contributed by atoms with Crippen molar-refractivity contribution in [2.45, 2.75) is 173 Å². The molecule has 1 amide bonds. The molecule has 0 unspecified atom stereocenters. The van der Waals surface area contributed by atoms with E-state index in [0.29, 0.717) is 58.5 Å². The highest BCUT2D eigenvalue weighted by atomic mass is 16.5. The van der Waals surface area contributed by atoms with E-state index in [2.05, 4.69) is 245 Å². The van der Waals surface area contributed by atoms with Crippen molar-refractivity contribution in [1.29, 1.82) is 5.26 Å². The molecule has 0 aliphatic rings. The Morgan fingerprint density at radius 2 is 0.435 bits per heavy atom. The zero-order chi connectivity index (χ0) is 89.5. The van der Waals surface area contributed by atoms with Gasteiger partial charge in [0.2, 0.25) is 5.91 Å². The highest BCUT2D eigenvalue weighted by molar-refractivity contribution is 5.88. The molecule has 0 aliphatic carbocycles. The Morgan fingerprint density at radius 3 is 0.645 bits per heavy atom. The maximum Gasteiger partial charge on any atom is 0.221 e. The molecule has 0 saturated carbocycles. The molecule has 14 rings (SSSR count). The molecule has 0 fully saturated rings. The van der Waals surface area contributed by atoms with E-state index in [4.69, 9.17) is 43.2 Å². The van der Waals surface area contributed by atoms with Gasteiger partial charge in [-0.25, -0.2) is 0 Å². The van der Waals surface area contributed by atoms with Gasteiger partial charge < -0.3 is 43.2 Å². The van der Waals surface area contributed by atoms with Gasteiger partial charge in [-0.1, -0.05) is 249 Å². The van der Waals surface area contributed by atoms with Crippen LogP contribution in [0.3, 0.4) is 0 Å². The quantitative estimate of drug-likeness (QED) is 0.0661. The fourth-order valence-electron chi connectivity index (χ4n) is 12.2. The number of nitrogens with one attached hydrogen (secondary N) is 1. The zero-order valence-electron chi connectivity index (χ0n) is 76.0. The summed E-state index contributed by atoms with van der Waals surface area (Å²) in [5.41, 5.74) is 15.4. The van der Waals surface area contributed by atoms with Crippen LogP contribution < -0.4 is 43.2 Å². The number of nitriles is 1. The van der Waals surface area contributed by atoms with Gasteiger partial charge >= 0.3 is 0 Å². The Bertz CT molecular complexity index is 5150. The van der Waals surface area contributed by atoms with Crippen molar-refractivity contribution < 1.29 is 42.7 Å². The summed E-state index contributed by atoms with van der Waals surface area (Å²) in [6.45, 7) is 40.3. The first-order valence-corrected chi connectivity index (χ1v) is 42.8. The molecule has 0 saturated heterocycles. The molecule has 0 bridgehead atoms. The molecule has 0 spiro atoms. The molecule has 0 heterocycles. The normalized spacial score (nSPS) is 10.5. The van der Waals surface area contributed by atoms with Gasteiger partial charge in [0.1, 0.15) is 86.2 Å². The monoisotopic (exact) mass is 1650 g/mol. The lowest BCUT2D eigenvalue weighted by Gasteiger charge is -2.10. The third-order valence-electron chi connectivity index (χ3n) is 19.6. The summed E-state index contributed by atoms with van der Waals surface area (Å²) in [6.07, 6.45) is 0. The molecule has 14 aromatic carbocycles. The maximum absolute atomic E-state index is 11.0. The number of nitrogens with zero attached hydrogens (tertiary/aromatic N) is 1. The SMILES string of the molecule is CC(=O)Nc1cccc(Oc2ccc(C(C)C)cc2)c1.CC(C)c1ccc(Oc2cccc(C#N)c2)cc1.COc1cccc(Oc2ccc(C(C)C)cc2)c1.Cc1cccc(Oc2ccc(C(C)C)cc2)c1.Cc1cccc(Oc2ccc(C(C)C)cc2)c1.Cc1cccc(Oc2ccc(C(C)C)cc2)c1.Cc1cccc(Oc2ccc(C(C)C)cc2)c1. The van der Waals surface area contributed by atoms with Crippen LogP contribution in [0.2, 0.25) is 0 Å². The summed E-state index contributed by atoms with van der Waals surface area (Å²) in [5, 5.41) is 11.6. The van der Waals surface area contributed by atoms with Crippen molar-refractivity contribution in [3.8, 4) is 92.3 Å². The number of amides is 1. The first-order valence-electron chi connectivity index (χ1n) is 42.8. The van der Waals surface area contributed by atoms with E-state index in [1.54, 1.807) is 25.3 Å². The molecule has 0 aliphatic heterocycles. The largest absolute Gasteiger partial charge is 0.497 e. The lowest BCUT2D eigenvalue weighted by molar-refractivity contribution is -0.114. The van der Waals surface area contributed by atoms with Crippen LogP contribution in [-0.2, 0) is 4.79 Å². The minimum absolute atomic E-state index is 0.0940. The third kappa shape index (κ3) is 34.5. The van der Waals surface area contributed by atoms with Crippen molar-refractivity contribution in [1.82, 2.24) is 0 Å². The number of carbonyl (C=O) groups excluding carboxylic acids is 1. The Kier molecular flexibility index (Phi) is 38.7. The lowest BCUT2D eigenvalue weighted by atomic mass is 10.0. The number of hydrogen-bond acceptors (Lipinski definition) is 10. The average Bonchev–Trinajstić information content (AvgIpc) is 0.876. The number of aryl methyl sites for hydroxylation is 4. The van der Waals surface area contributed by atoms with Crippen LogP contribution >= 0.6 is 0 Å². The van der Waals surface area contributed by atoms with E-state index in [1.807, 2.05) is 212 Å². The van der Waals surface area contributed by atoms with Crippen molar-refractivity contribution >= 4 is 11.6 Å². The van der Waals surface area contributed by atoms with E-state index in [0.717, 1.165) is 80.4 Å². The van der Waals surface area contributed by atoms with Crippen LogP contribution in [0.4, 0.5) is 5.69 Å². The number of rotatable bonds is 23. The van der Waals surface area contributed by atoms with Gasteiger partial charge in [-0.2, -0.15) is 5.26 Å². The number of methoxy groups -OCH3 is 1. The van der Waals surface area contributed by atoms with Crippen LogP contribution in [0.1, 0.15) is 212 Å². The number of hydrogen-bond donors (Lipinski definition) is 1. The summed E-state index contributed by atoms with van der Waals surface area (Å²) in [4.78, 5) is 11.0. The van der Waals surface area contributed by atoms with Crippen LogP contribution in [0, 0.1) is 39.0 Å². The predicted molar refractivity (Wildman–Crippen MR) is 514 cm³/mol. The minimum Gasteiger partial charge on any atom is -0.497 e. The van der Waals surface area contributed by atoms with Crippen molar-refractivity contribution in [2.24, 2.45) is 0 Å². The van der Waals surface area contributed by atoms with E-state index in [1.165, 1.54) is 68.1 Å². The summed E-state index contributed by atoms with van der Waals surface area (Å²) in [5.74, 6) is 16.2. The molecular weight excluding hydrogens is 1530 g/mol. The van der Waals surface area contributed by atoms with Gasteiger partial charge in [-0.3, -0.25) is 4.79 Å². The highest BCUT2D eigenvalue weighted by Crippen LogP contribution is 2.33. The Labute approximate surface area is 739 Å². The van der Waals surface area contributed by atoms with Gasteiger partial charge in [-0.05, 0) is 306 Å². The van der Waals surface area contributed by atoms with Gasteiger partial charge in [0, 0.05) is 24.7 Å². The molecule has 14 aromatic rings. The van der Waals surface area contributed by atoms with Crippen LogP contribution in [0.5, 0.6) is 86.2 Å². The molecule has 0 atom stereocenters. The first-order chi connectivity index (χ1) is 59.5. The second-order valence-electron chi connectivity index (χ2n) is 32.6. The van der Waals surface area contributed by atoms with Gasteiger partial charge in [-0.15, -0.1) is 0 Å². The van der Waals surface area contributed by atoms with Gasteiger partial charge in [0.05, 0.1) is 18.7 Å². The zero-order valence-corrected chi connectivity index (χ0v) is 76.0. The van der Waals surface area contributed by atoms with Crippen LogP contribution in [-0.4, -0.2) is 13.0 Å². The van der Waals surface area contributed by atoms with Crippen molar-refractivity contribution in [3.63, 3.8) is 0 Å². The standard InChI is InChI=1S/C17H19NO2.C16H15NO.C16H18O2.4C16H18O/c1-12(2)14-7-9-16(10-8-14)20-17-6-4-5-15(11-17)18-13(3)19;1-12(2)14-6-8-15(9-7-14)18-16-5-3-4-13(10-16)11-17;1-12(2)13-7-9-14(10-8-13)18-16-6-4-5-15(11-16)17-3;4*1-12(2)14-7-9-15(10-8-14)17-16-6-4-5-13(3)11-16/h4-12H,1-3H3,(H,18,19);3-10,12H,1-2H3;4-12H,1-3H3;4*4-12H,1-3H3. The number of benzene rings is 14. The molecule has 0 aromatic heterocycles. The average molecular weight is 1650 g/mol. The first kappa shape index (κ1) is 95.9. The number of carbonyl (C=O) groups is 1. The third-order valence-corrected chi connectivity index (χ3v) is 19.6.